The van der Waals surface area contributed by atoms with Crippen LogP contribution in [0.4, 0.5) is 13.2 Å². The molecule has 44 heteroatoms. The van der Waals surface area contributed by atoms with Gasteiger partial charge >= 0.3 is 46.7 Å². The zero-order chi connectivity index (χ0) is 105. The monoisotopic (exact) mass is 2120 g/mol. The van der Waals surface area contributed by atoms with Gasteiger partial charge in [0.25, 0.3) is 27.8 Å². The predicted molar refractivity (Wildman–Crippen MR) is 546 cm³/mol. The fraction of sp³-hybridized carbons (Fsp3) is 0.430. The van der Waals surface area contributed by atoms with Crippen molar-refractivity contribution in [2.45, 2.75) is 152 Å². The Morgan fingerprint density at radius 2 is 0.701 bits per heavy atom. The molecule has 2 atom stereocenters. The molecule has 0 N–H and O–H groups in total. The van der Waals surface area contributed by atoms with E-state index in [1.807, 2.05) is 121 Å². The second-order valence-corrected chi connectivity index (χ2v) is 36.4. The lowest BCUT2D eigenvalue weighted by Gasteiger charge is -2.14. The van der Waals surface area contributed by atoms with Gasteiger partial charge in [-0.2, -0.15) is 0 Å². The number of aromatic nitrogens is 20. The van der Waals surface area contributed by atoms with E-state index >= 15 is 0 Å². The average Bonchev–Trinajstić information content (AvgIpc) is 1.57. The first-order valence-corrected chi connectivity index (χ1v) is 48.4. The van der Waals surface area contributed by atoms with E-state index in [1.165, 1.54) is 83.3 Å². The number of ether oxygens (including phenoxy) is 7. The molecule has 0 radical (unpaired) electrons. The smallest absolute Gasteiger partial charge is 0.497 e. The van der Waals surface area contributed by atoms with E-state index in [1.54, 1.807) is 75.8 Å². The lowest BCUT2D eigenvalue weighted by Crippen LogP contribution is -2.37. The number of aryl methyl sites for hydroxylation is 6. The third-order valence-electron chi connectivity index (χ3n) is 23.8. The summed E-state index contributed by atoms with van der Waals surface area (Å²) >= 11 is 6.92. The third kappa shape index (κ3) is 25.8. The van der Waals surface area contributed by atoms with Crippen LogP contribution in [0.25, 0.3) is 55.8 Å². The number of fused-ring (bicyclic) bond motifs is 5. The Balaban J connectivity index is 0.000000172. The highest BCUT2D eigenvalue weighted by Gasteiger charge is 2.33. The molecule has 0 aliphatic rings. The standard InChI is InChI=1S/2C20H23BrN4O4.C20H23F3N4O4.C20H26N4O4.C20H26N4O3/c1-5-29-19(27)12(2)9-15-22-17-16(18(26)24(4)20(28)23(17)3)25(15)11-13-7-6-8-14(21)10-13;1-5-29-15(26)9-12(2)17-22-18-16(19(27)24(4)20(28)23(18)3)25(17)11-13-7-6-8-14(21)10-13;1-4-9-30-10-8-15-24-17-16(18(28)26(3)19(29)25(17)2)27(15)12-13-6-5-7-14(11-13)31-20(21,22)23;1-5-11-28-12-10-16-21-18-17(19(25)23(3)20(26)22(18)2)24(16)13-14-6-8-15(27-4)9-7-14;1-5-10-27-11-9-16-21-18-17(19(25)23(4)20(26)22(18)3)24(16)13-15-8-6-7-14(2)12-15/h2*6-8,10,12H,5,9,11H2,1-4H3;5-7,11H,4,8-10,12H2,1-3H3;6-9H,5,10-13H2,1-4H3;6-8,12H,5,9-11,13H2,1-4H3. The van der Waals surface area contributed by atoms with Crippen LogP contribution < -0.4 is 65.7 Å². The Hall–Kier alpha value is -14.0. The summed E-state index contributed by atoms with van der Waals surface area (Å²) in [4.78, 5) is 173. The largest absolute Gasteiger partial charge is 0.573 e. The molecule has 0 amide bonds. The lowest BCUT2D eigenvalue weighted by atomic mass is 10.1. The van der Waals surface area contributed by atoms with Crippen molar-refractivity contribution in [2.75, 3.05) is 60.0 Å². The maximum absolute atomic E-state index is 12.9. The van der Waals surface area contributed by atoms with Crippen molar-refractivity contribution >= 4 is 99.6 Å². The Labute approximate surface area is 840 Å². The molecule has 144 heavy (non-hydrogen) atoms. The molecule has 2 unspecified atom stereocenters. The van der Waals surface area contributed by atoms with Crippen molar-refractivity contribution in [1.82, 2.24) is 93.4 Å². The maximum atomic E-state index is 12.9. The third-order valence-corrected chi connectivity index (χ3v) is 24.8. The number of hydrogen-bond donors (Lipinski definition) is 0. The van der Waals surface area contributed by atoms with Crippen molar-refractivity contribution in [3.05, 3.63) is 297 Å². The first-order chi connectivity index (χ1) is 68.5. The van der Waals surface area contributed by atoms with E-state index in [0.717, 1.165) is 96.3 Å². The van der Waals surface area contributed by atoms with E-state index < -0.39 is 46.0 Å². The van der Waals surface area contributed by atoms with Crippen molar-refractivity contribution in [3.8, 4) is 11.5 Å². The van der Waals surface area contributed by atoms with Gasteiger partial charge in [-0.05, 0) is 116 Å². The highest BCUT2D eigenvalue weighted by Crippen LogP contribution is 2.29. The quantitative estimate of drug-likeness (QED) is 0.0263. The van der Waals surface area contributed by atoms with Gasteiger partial charge in [0.05, 0.1) is 52.5 Å². The molecule has 0 saturated carbocycles. The normalized spacial score (nSPS) is 11.9. The van der Waals surface area contributed by atoms with Gasteiger partial charge in [-0.25, -0.2) is 48.9 Å². The molecule has 0 spiro atoms. The van der Waals surface area contributed by atoms with Crippen LogP contribution in [0.1, 0.15) is 143 Å². The number of alkyl halides is 3. The topological polar surface area (TPSA) is 408 Å². The summed E-state index contributed by atoms with van der Waals surface area (Å²) in [5.74, 6) is 2.10. The number of benzene rings is 5. The molecule has 0 bridgehead atoms. The molecule has 0 aliphatic carbocycles. The minimum absolute atomic E-state index is 0.0715. The number of nitrogens with zero attached hydrogens (tertiary/aromatic N) is 20. The van der Waals surface area contributed by atoms with Gasteiger partial charge in [-0.3, -0.25) is 79.2 Å². The Bertz CT molecular complexity index is 7850. The van der Waals surface area contributed by atoms with Gasteiger partial charge in [0.15, 0.2) is 55.8 Å². The fourth-order valence-electron chi connectivity index (χ4n) is 16.4. The fourth-order valence-corrected chi connectivity index (χ4v) is 17.3. The second-order valence-electron chi connectivity index (χ2n) is 34.5. The van der Waals surface area contributed by atoms with E-state index in [2.05, 4.69) is 81.4 Å². The molecular formula is C100H121Br2F3N20O19. The van der Waals surface area contributed by atoms with Gasteiger partial charge in [-0.1, -0.05) is 145 Å². The van der Waals surface area contributed by atoms with Crippen LogP contribution in [0.2, 0.25) is 0 Å². The summed E-state index contributed by atoms with van der Waals surface area (Å²) < 4.78 is 96.9. The van der Waals surface area contributed by atoms with Gasteiger partial charge in [0.2, 0.25) is 0 Å². The number of rotatable bonds is 35. The van der Waals surface area contributed by atoms with Crippen molar-refractivity contribution in [3.63, 3.8) is 0 Å². The number of esters is 2. The van der Waals surface area contributed by atoms with Crippen LogP contribution in [0.15, 0.2) is 178 Å². The SMILES string of the molecule is CCCOCCc1nc2c(c(=O)n(C)c(=O)n2C)n1Cc1ccc(OC)cc1.CCCOCCc1nc2c(c(=O)n(C)c(=O)n2C)n1Cc1cccc(C)c1.CCCOCCc1nc2c(c(=O)n(C)c(=O)n2C)n1Cc1cccc(OC(F)(F)F)c1.CCOC(=O)C(C)Cc1nc2c(c(=O)n(C)c(=O)n2C)n1Cc1cccc(Br)c1.CCOC(=O)CC(C)c1nc2c(c(=O)n(C)c(=O)n2C)n1Cc1cccc(Br)c1. The van der Waals surface area contributed by atoms with Crippen molar-refractivity contribution < 1.29 is 55.9 Å². The van der Waals surface area contributed by atoms with Crippen LogP contribution >= 0.6 is 31.9 Å². The molecule has 39 nitrogen and oxygen atoms in total. The van der Waals surface area contributed by atoms with Gasteiger partial charge < -0.3 is 56.0 Å². The first-order valence-electron chi connectivity index (χ1n) is 46.9. The summed E-state index contributed by atoms with van der Waals surface area (Å²) in [5, 5.41) is 0. The highest BCUT2D eigenvalue weighted by atomic mass is 79.9. The molecule has 0 fully saturated rings. The van der Waals surface area contributed by atoms with Gasteiger partial charge in [-0.15, -0.1) is 13.2 Å². The number of methoxy groups -OCH3 is 1. The Morgan fingerprint density at radius 1 is 0.375 bits per heavy atom. The van der Waals surface area contributed by atoms with E-state index in [4.69, 9.17) is 28.4 Å². The summed E-state index contributed by atoms with van der Waals surface area (Å²) in [7, 11) is 16.8. The van der Waals surface area contributed by atoms with Crippen LogP contribution in [0.5, 0.6) is 11.5 Å². The van der Waals surface area contributed by atoms with Crippen LogP contribution in [0.3, 0.4) is 0 Å². The zero-order valence-electron chi connectivity index (χ0n) is 84.1. The van der Waals surface area contributed by atoms with E-state index in [-0.39, 0.29) is 70.2 Å². The molecule has 15 rings (SSSR count). The Kier molecular flexibility index (Phi) is 37.8. The molecular weight excluding hydrogens is 2000 g/mol. The van der Waals surface area contributed by atoms with E-state index in [9.17, 15) is 70.7 Å². The van der Waals surface area contributed by atoms with Crippen LogP contribution in [0, 0.1) is 12.8 Å². The molecule has 10 aromatic heterocycles. The first kappa shape index (κ1) is 110. The summed E-state index contributed by atoms with van der Waals surface area (Å²) in [6, 6.07) is 36.8. The van der Waals surface area contributed by atoms with E-state index in [0.29, 0.717) is 172 Å². The maximum Gasteiger partial charge on any atom is 0.573 e. The minimum Gasteiger partial charge on any atom is -0.497 e. The zero-order valence-corrected chi connectivity index (χ0v) is 87.3. The highest BCUT2D eigenvalue weighted by molar-refractivity contribution is 9.10. The van der Waals surface area contributed by atoms with Crippen LogP contribution in [-0.2, 0) is 162 Å². The van der Waals surface area contributed by atoms with Crippen molar-refractivity contribution in [2.24, 2.45) is 76.4 Å². The minimum atomic E-state index is -4.81. The molecule has 0 aliphatic heterocycles. The Morgan fingerprint density at radius 3 is 1.06 bits per heavy atom. The average molecular weight is 2120 g/mol. The molecule has 5 aromatic carbocycles. The molecule has 0 saturated heterocycles. The van der Waals surface area contributed by atoms with Gasteiger partial charge in [0.1, 0.15) is 40.6 Å². The lowest BCUT2D eigenvalue weighted by molar-refractivity contribution is -0.274. The van der Waals surface area contributed by atoms with Crippen LogP contribution in [-0.4, -0.2) is 172 Å². The summed E-state index contributed by atoms with van der Waals surface area (Å²) in [6.07, 6.45) is -0.145. The second kappa shape index (κ2) is 49.3. The number of hydrogen-bond acceptors (Lipinski definition) is 24. The predicted octanol–water partition coefficient (Wildman–Crippen LogP) is 9.86. The molecule has 770 valence electrons. The van der Waals surface area contributed by atoms with Gasteiger partial charge in [0, 0.05) is 164 Å². The molecule has 10 heterocycles. The molecule has 15 aromatic rings. The number of carbonyl (C=O) groups excluding carboxylic acids is 2. The number of imidazole rings is 5. The number of halogens is 5. The summed E-state index contributed by atoms with van der Waals surface area (Å²) in [5.41, 5.74) is 4.80. The van der Waals surface area contributed by atoms with Crippen molar-refractivity contribution in [1.29, 1.82) is 0 Å². The summed E-state index contributed by atoms with van der Waals surface area (Å²) in [6.45, 7) is 21.0. The number of carbonyl (C=O) groups is 2.